The molecular weight excluding hydrogens is 277 g/mol. The number of aldehydes is 1. The highest BCUT2D eigenvalue weighted by molar-refractivity contribution is 7.13. The summed E-state index contributed by atoms with van der Waals surface area (Å²) in [7, 11) is 0. The van der Waals surface area contributed by atoms with Crippen LogP contribution in [0.15, 0.2) is 36.0 Å². The number of carbonyl (C=O) groups excluding carboxylic acids is 1. The minimum atomic E-state index is -0.297. The van der Waals surface area contributed by atoms with Gasteiger partial charge in [-0.1, -0.05) is 0 Å². The third-order valence-corrected chi connectivity index (χ3v) is 3.69. The van der Waals surface area contributed by atoms with E-state index in [2.05, 4.69) is 10.1 Å². The third-order valence-electron chi connectivity index (χ3n) is 2.91. The molecular formula is C14H10FN3OS. The van der Waals surface area contributed by atoms with E-state index in [1.54, 1.807) is 30.1 Å². The van der Waals surface area contributed by atoms with Crippen LogP contribution < -0.4 is 0 Å². The first-order valence-electron chi connectivity index (χ1n) is 5.90. The molecule has 0 unspecified atom stereocenters. The van der Waals surface area contributed by atoms with E-state index in [1.807, 2.05) is 5.38 Å². The average molecular weight is 287 g/mol. The van der Waals surface area contributed by atoms with E-state index >= 15 is 0 Å². The van der Waals surface area contributed by atoms with Crippen LogP contribution >= 0.6 is 11.3 Å². The zero-order chi connectivity index (χ0) is 14.1. The van der Waals surface area contributed by atoms with E-state index in [0.717, 1.165) is 17.5 Å². The van der Waals surface area contributed by atoms with Crippen LogP contribution in [0.4, 0.5) is 4.39 Å². The molecule has 0 bridgehead atoms. The lowest BCUT2D eigenvalue weighted by atomic mass is 10.2. The minimum Gasteiger partial charge on any atom is -0.298 e. The molecule has 0 N–H and O–H groups in total. The summed E-state index contributed by atoms with van der Waals surface area (Å²) in [5.41, 5.74) is 2.48. The molecule has 3 aromatic rings. The quantitative estimate of drug-likeness (QED) is 0.695. The first-order chi connectivity index (χ1) is 9.69. The van der Waals surface area contributed by atoms with Crippen LogP contribution in [-0.4, -0.2) is 21.1 Å². The molecule has 0 aliphatic heterocycles. The van der Waals surface area contributed by atoms with Crippen molar-refractivity contribution in [2.24, 2.45) is 0 Å². The van der Waals surface area contributed by atoms with E-state index in [9.17, 15) is 9.18 Å². The van der Waals surface area contributed by atoms with Crippen molar-refractivity contribution in [3.8, 4) is 16.4 Å². The Morgan fingerprint density at radius 2 is 2.25 bits per heavy atom. The smallest absolute Gasteiger partial charge is 0.153 e. The first kappa shape index (κ1) is 12.7. The molecule has 3 rings (SSSR count). The Kier molecular flexibility index (Phi) is 3.15. The van der Waals surface area contributed by atoms with Gasteiger partial charge in [0.1, 0.15) is 16.5 Å². The minimum absolute atomic E-state index is 0.297. The maximum Gasteiger partial charge on any atom is 0.153 e. The fraction of sp³-hybridized carbons (Fsp3) is 0.0714. The summed E-state index contributed by atoms with van der Waals surface area (Å²) in [6, 6.07) is 4.44. The Hall–Kier alpha value is -2.34. The van der Waals surface area contributed by atoms with E-state index < -0.39 is 0 Å². The monoisotopic (exact) mass is 287 g/mol. The number of thiazole rings is 1. The van der Waals surface area contributed by atoms with Crippen LogP contribution in [0.5, 0.6) is 0 Å². The molecule has 1 aromatic carbocycles. The van der Waals surface area contributed by atoms with Crippen molar-refractivity contribution in [2.45, 2.75) is 6.92 Å². The van der Waals surface area contributed by atoms with Crippen LogP contribution in [0.3, 0.4) is 0 Å². The number of halogens is 1. The van der Waals surface area contributed by atoms with Gasteiger partial charge < -0.3 is 0 Å². The molecule has 0 saturated carbocycles. The fourth-order valence-corrected chi connectivity index (χ4v) is 2.62. The van der Waals surface area contributed by atoms with E-state index in [0.29, 0.717) is 16.3 Å². The lowest BCUT2D eigenvalue weighted by molar-refractivity contribution is 0.112. The summed E-state index contributed by atoms with van der Waals surface area (Å²) in [5.74, 6) is -0.297. The third kappa shape index (κ3) is 2.14. The van der Waals surface area contributed by atoms with Crippen molar-refractivity contribution in [3.63, 3.8) is 0 Å². The summed E-state index contributed by atoms with van der Waals surface area (Å²) >= 11 is 1.41. The largest absolute Gasteiger partial charge is 0.298 e. The van der Waals surface area contributed by atoms with E-state index in [4.69, 9.17) is 0 Å². The molecule has 0 spiro atoms. The molecule has 100 valence electrons. The standard InChI is InChI=1S/C14H10FN3OS/c1-9-6-11(15)2-3-12(9)18-7-10(8-19)13(17-18)14-16-4-5-20-14/h2-8H,1H3. The molecule has 0 aliphatic carbocycles. The number of nitrogens with zero attached hydrogens (tertiary/aromatic N) is 3. The highest BCUT2D eigenvalue weighted by Gasteiger charge is 2.14. The maximum absolute atomic E-state index is 13.1. The second kappa shape index (κ2) is 4.97. The fourth-order valence-electron chi connectivity index (χ4n) is 1.98. The molecule has 0 atom stereocenters. The van der Waals surface area contributed by atoms with Crippen LogP contribution in [0.2, 0.25) is 0 Å². The Balaban J connectivity index is 2.14. The number of rotatable bonds is 3. The Morgan fingerprint density at radius 1 is 1.40 bits per heavy atom. The van der Waals surface area contributed by atoms with Gasteiger partial charge in [-0.2, -0.15) is 5.10 Å². The highest BCUT2D eigenvalue weighted by Crippen LogP contribution is 2.25. The summed E-state index contributed by atoms with van der Waals surface area (Å²) in [6.07, 6.45) is 4.04. The van der Waals surface area contributed by atoms with Crippen LogP contribution in [0.25, 0.3) is 16.4 Å². The van der Waals surface area contributed by atoms with Crippen molar-refractivity contribution >= 4 is 17.6 Å². The van der Waals surface area contributed by atoms with Gasteiger partial charge in [0.25, 0.3) is 0 Å². The summed E-state index contributed by atoms with van der Waals surface area (Å²) < 4.78 is 14.7. The van der Waals surface area contributed by atoms with Gasteiger partial charge in [0.2, 0.25) is 0 Å². The molecule has 2 heterocycles. The predicted octanol–water partition coefficient (Wildman–Crippen LogP) is 3.26. The summed E-state index contributed by atoms with van der Waals surface area (Å²) in [4.78, 5) is 15.3. The zero-order valence-electron chi connectivity index (χ0n) is 10.6. The lowest BCUT2D eigenvalue weighted by Crippen LogP contribution is -1.98. The molecule has 2 aromatic heterocycles. The summed E-state index contributed by atoms with van der Waals surface area (Å²) in [5, 5.41) is 6.91. The summed E-state index contributed by atoms with van der Waals surface area (Å²) in [6.45, 7) is 1.80. The van der Waals surface area contributed by atoms with Gasteiger partial charge in [-0.15, -0.1) is 11.3 Å². The van der Waals surface area contributed by atoms with Crippen molar-refractivity contribution in [3.05, 3.63) is 52.9 Å². The second-order valence-electron chi connectivity index (χ2n) is 4.26. The first-order valence-corrected chi connectivity index (χ1v) is 6.78. The highest BCUT2D eigenvalue weighted by atomic mass is 32.1. The van der Waals surface area contributed by atoms with Crippen LogP contribution in [0.1, 0.15) is 15.9 Å². The van der Waals surface area contributed by atoms with Gasteiger partial charge in [0.15, 0.2) is 6.29 Å². The second-order valence-corrected chi connectivity index (χ2v) is 5.16. The lowest BCUT2D eigenvalue weighted by Gasteiger charge is -2.05. The molecule has 0 radical (unpaired) electrons. The molecule has 4 nitrogen and oxygen atoms in total. The van der Waals surface area contributed by atoms with Gasteiger partial charge in [-0.25, -0.2) is 14.1 Å². The number of aromatic nitrogens is 3. The zero-order valence-corrected chi connectivity index (χ0v) is 11.4. The average Bonchev–Trinajstić information content (AvgIpc) is 3.07. The number of benzene rings is 1. The van der Waals surface area contributed by atoms with E-state index in [1.165, 1.54) is 23.5 Å². The maximum atomic E-state index is 13.1. The normalized spacial score (nSPS) is 10.7. The predicted molar refractivity (Wildman–Crippen MR) is 74.8 cm³/mol. The molecule has 0 amide bonds. The van der Waals surface area contributed by atoms with Crippen LogP contribution in [0, 0.1) is 12.7 Å². The van der Waals surface area contributed by atoms with Crippen molar-refractivity contribution in [1.29, 1.82) is 0 Å². The van der Waals surface area contributed by atoms with Gasteiger partial charge in [0, 0.05) is 17.8 Å². The number of carbonyl (C=O) groups is 1. The Morgan fingerprint density at radius 3 is 2.90 bits per heavy atom. The molecule has 6 heteroatoms. The van der Waals surface area contributed by atoms with Gasteiger partial charge in [-0.05, 0) is 30.7 Å². The van der Waals surface area contributed by atoms with Crippen molar-refractivity contribution < 1.29 is 9.18 Å². The van der Waals surface area contributed by atoms with Gasteiger partial charge in [0.05, 0.1) is 11.3 Å². The van der Waals surface area contributed by atoms with Crippen molar-refractivity contribution in [1.82, 2.24) is 14.8 Å². The number of hydrogen-bond donors (Lipinski definition) is 0. The number of hydrogen-bond acceptors (Lipinski definition) is 4. The van der Waals surface area contributed by atoms with Crippen molar-refractivity contribution in [2.75, 3.05) is 0 Å². The van der Waals surface area contributed by atoms with Gasteiger partial charge >= 0.3 is 0 Å². The van der Waals surface area contributed by atoms with Gasteiger partial charge in [-0.3, -0.25) is 4.79 Å². The molecule has 0 saturated heterocycles. The number of aryl methyl sites for hydroxylation is 1. The SMILES string of the molecule is Cc1cc(F)ccc1-n1cc(C=O)c(-c2nccs2)n1. The molecule has 20 heavy (non-hydrogen) atoms. The van der Waals surface area contributed by atoms with E-state index in [-0.39, 0.29) is 5.82 Å². The molecule has 0 fully saturated rings. The Bertz CT molecular complexity index is 765. The molecule has 0 aliphatic rings. The van der Waals surface area contributed by atoms with Crippen LogP contribution in [-0.2, 0) is 0 Å². The topological polar surface area (TPSA) is 47.8 Å². The Labute approximate surface area is 118 Å².